The average Bonchev–Trinajstić information content (AvgIpc) is 2.43. The van der Waals surface area contributed by atoms with E-state index in [1.54, 1.807) is 13.2 Å². The molecule has 0 aromatic heterocycles. The lowest BCUT2D eigenvalue weighted by atomic mass is 10.0. The Morgan fingerprint density at radius 1 is 1.20 bits per heavy atom. The smallest absolute Gasteiger partial charge is 0.141 e. The van der Waals surface area contributed by atoms with E-state index in [2.05, 4.69) is 0 Å². The molecule has 104 valence electrons. The number of para-hydroxylation sites is 1. The summed E-state index contributed by atoms with van der Waals surface area (Å²) in [5, 5.41) is 0.0348. The predicted molar refractivity (Wildman–Crippen MR) is 76.8 cm³/mol. The molecule has 2 nitrogen and oxygen atoms in total. The standard InChI is InChI=1S/C16H14ClFO2/c1-20-16-5-3-2-4-12(16)10-13(19)8-11-6-7-15(18)14(17)9-11/h2-7,9H,8,10H2,1H3. The summed E-state index contributed by atoms with van der Waals surface area (Å²) < 4.78 is 18.3. The molecule has 4 heteroatoms. The monoisotopic (exact) mass is 292 g/mol. The van der Waals surface area contributed by atoms with Crippen LogP contribution in [0.5, 0.6) is 5.75 Å². The Morgan fingerprint density at radius 3 is 2.65 bits per heavy atom. The van der Waals surface area contributed by atoms with Gasteiger partial charge in [-0.3, -0.25) is 4.79 Å². The number of hydrogen-bond donors (Lipinski definition) is 0. The van der Waals surface area contributed by atoms with Crippen molar-refractivity contribution in [1.82, 2.24) is 0 Å². The van der Waals surface area contributed by atoms with E-state index in [9.17, 15) is 9.18 Å². The van der Waals surface area contributed by atoms with Gasteiger partial charge in [-0.25, -0.2) is 4.39 Å². The van der Waals surface area contributed by atoms with Gasteiger partial charge in [0.2, 0.25) is 0 Å². The highest BCUT2D eigenvalue weighted by atomic mass is 35.5. The van der Waals surface area contributed by atoms with E-state index >= 15 is 0 Å². The SMILES string of the molecule is COc1ccccc1CC(=O)Cc1ccc(F)c(Cl)c1. The normalized spacial score (nSPS) is 10.3. The minimum Gasteiger partial charge on any atom is -0.496 e. The fourth-order valence-electron chi connectivity index (χ4n) is 2.00. The van der Waals surface area contributed by atoms with E-state index < -0.39 is 5.82 Å². The van der Waals surface area contributed by atoms with Crippen molar-refractivity contribution in [1.29, 1.82) is 0 Å². The quantitative estimate of drug-likeness (QED) is 0.837. The first-order chi connectivity index (χ1) is 9.60. The second-order valence-corrected chi connectivity index (χ2v) is 4.86. The Balaban J connectivity index is 2.07. The second kappa shape index (κ2) is 6.53. The molecule has 0 aliphatic rings. The zero-order valence-electron chi connectivity index (χ0n) is 11.0. The van der Waals surface area contributed by atoms with Gasteiger partial charge in [-0.1, -0.05) is 35.9 Å². The first-order valence-electron chi connectivity index (χ1n) is 6.17. The predicted octanol–water partition coefficient (Wildman–Crippen LogP) is 3.84. The molecule has 2 rings (SSSR count). The van der Waals surface area contributed by atoms with E-state index in [1.807, 2.05) is 24.3 Å². The molecule has 0 saturated heterocycles. The molecule has 0 bridgehead atoms. The van der Waals surface area contributed by atoms with E-state index in [1.165, 1.54) is 12.1 Å². The summed E-state index contributed by atoms with van der Waals surface area (Å²) >= 11 is 5.70. The third-order valence-corrected chi connectivity index (χ3v) is 3.26. The van der Waals surface area contributed by atoms with Crippen LogP contribution in [-0.4, -0.2) is 12.9 Å². The zero-order chi connectivity index (χ0) is 14.5. The zero-order valence-corrected chi connectivity index (χ0v) is 11.8. The largest absolute Gasteiger partial charge is 0.496 e. The van der Waals surface area contributed by atoms with Crippen molar-refractivity contribution in [3.63, 3.8) is 0 Å². The lowest BCUT2D eigenvalue weighted by molar-refractivity contribution is -0.117. The molecule has 0 unspecified atom stereocenters. The maximum atomic E-state index is 13.0. The number of ketones is 1. The molecule has 0 aliphatic heterocycles. The van der Waals surface area contributed by atoms with Gasteiger partial charge in [0.1, 0.15) is 17.3 Å². The molecule has 0 saturated carbocycles. The van der Waals surface area contributed by atoms with Crippen LogP contribution in [-0.2, 0) is 17.6 Å². The number of benzene rings is 2. The molecule has 0 spiro atoms. The minimum absolute atomic E-state index is 0.0252. The van der Waals surface area contributed by atoms with Crippen LogP contribution in [0.4, 0.5) is 4.39 Å². The van der Waals surface area contributed by atoms with Gasteiger partial charge in [-0.15, -0.1) is 0 Å². The fraction of sp³-hybridized carbons (Fsp3) is 0.188. The van der Waals surface area contributed by atoms with Crippen molar-refractivity contribution in [3.05, 3.63) is 64.4 Å². The van der Waals surface area contributed by atoms with Gasteiger partial charge in [0, 0.05) is 18.4 Å². The number of methoxy groups -OCH3 is 1. The lowest BCUT2D eigenvalue weighted by Gasteiger charge is -2.07. The van der Waals surface area contributed by atoms with Crippen molar-refractivity contribution < 1.29 is 13.9 Å². The van der Waals surface area contributed by atoms with Crippen LogP contribution in [0.3, 0.4) is 0 Å². The molecule has 0 atom stereocenters. The van der Waals surface area contributed by atoms with Crippen molar-refractivity contribution in [2.24, 2.45) is 0 Å². The van der Waals surface area contributed by atoms with Gasteiger partial charge in [0.05, 0.1) is 12.1 Å². The van der Waals surface area contributed by atoms with Crippen LogP contribution in [0.2, 0.25) is 5.02 Å². The Morgan fingerprint density at radius 2 is 1.95 bits per heavy atom. The number of carbonyl (C=O) groups is 1. The lowest BCUT2D eigenvalue weighted by Crippen LogP contribution is -2.07. The van der Waals surface area contributed by atoms with Gasteiger partial charge >= 0.3 is 0 Å². The highest BCUT2D eigenvalue weighted by Gasteiger charge is 2.10. The Hall–Kier alpha value is -1.87. The molecule has 2 aromatic carbocycles. The minimum atomic E-state index is -0.479. The molecule has 20 heavy (non-hydrogen) atoms. The van der Waals surface area contributed by atoms with Gasteiger partial charge < -0.3 is 4.74 Å². The molecule has 0 N–H and O–H groups in total. The summed E-state index contributed by atoms with van der Waals surface area (Å²) in [7, 11) is 1.57. The number of carbonyl (C=O) groups excluding carboxylic acids is 1. The second-order valence-electron chi connectivity index (χ2n) is 4.45. The van der Waals surface area contributed by atoms with Gasteiger partial charge in [0.25, 0.3) is 0 Å². The van der Waals surface area contributed by atoms with E-state index in [0.29, 0.717) is 11.3 Å². The average molecular weight is 293 g/mol. The molecule has 0 fully saturated rings. The summed E-state index contributed by atoms with van der Waals surface area (Å²) in [6, 6.07) is 11.7. The molecule has 0 radical (unpaired) electrons. The van der Waals surface area contributed by atoms with Crippen LogP contribution in [0, 0.1) is 5.82 Å². The molecule has 0 heterocycles. The number of halogens is 2. The molecule has 0 amide bonds. The van der Waals surface area contributed by atoms with Crippen LogP contribution in [0.15, 0.2) is 42.5 Å². The maximum Gasteiger partial charge on any atom is 0.141 e. The Kier molecular flexibility index (Phi) is 4.74. The molecule has 0 aliphatic carbocycles. The Bertz CT molecular complexity index is 626. The maximum absolute atomic E-state index is 13.0. The number of ether oxygens (including phenoxy) is 1. The summed E-state index contributed by atoms with van der Waals surface area (Å²) in [5.74, 6) is 0.239. The van der Waals surface area contributed by atoms with Crippen molar-refractivity contribution in [2.75, 3.05) is 7.11 Å². The Labute approximate surface area is 122 Å². The number of rotatable bonds is 5. The molecular formula is C16H14ClFO2. The van der Waals surface area contributed by atoms with Crippen LogP contribution in [0.1, 0.15) is 11.1 Å². The summed E-state index contributed by atoms with van der Waals surface area (Å²) in [6.07, 6.45) is 0.497. The third-order valence-electron chi connectivity index (χ3n) is 2.97. The third kappa shape index (κ3) is 3.58. The van der Waals surface area contributed by atoms with Gasteiger partial charge in [-0.05, 0) is 23.8 Å². The topological polar surface area (TPSA) is 26.3 Å². The highest BCUT2D eigenvalue weighted by Crippen LogP contribution is 2.20. The van der Waals surface area contributed by atoms with E-state index in [0.717, 1.165) is 5.56 Å². The van der Waals surface area contributed by atoms with E-state index in [4.69, 9.17) is 16.3 Å². The number of hydrogen-bond acceptors (Lipinski definition) is 2. The van der Waals surface area contributed by atoms with Crippen molar-refractivity contribution in [3.8, 4) is 5.75 Å². The van der Waals surface area contributed by atoms with Crippen molar-refractivity contribution >= 4 is 17.4 Å². The van der Waals surface area contributed by atoms with Gasteiger partial charge in [-0.2, -0.15) is 0 Å². The number of Topliss-reactive ketones (excluding diaryl/α,β-unsaturated/α-hetero) is 1. The van der Waals surface area contributed by atoms with Crippen LogP contribution < -0.4 is 4.74 Å². The highest BCUT2D eigenvalue weighted by molar-refractivity contribution is 6.30. The fourth-order valence-corrected chi connectivity index (χ4v) is 2.20. The van der Waals surface area contributed by atoms with Crippen LogP contribution in [0.25, 0.3) is 0 Å². The molecular weight excluding hydrogens is 279 g/mol. The first-order valence-corrected chi connectivity index (χ1v) is 6.55. The first kappa shape index (κ1) is 14.5. The molecule has 2 aromatic rings. The summed E-state index contributed by atoms with van der Waals surface area (Å²) in [6.45, 7) is 0. The van der Waals surface area contributed by atoms with Crippen molar-refractivity contribution in [2.45, 2.75) is 12.8 Å². The van der Waals surface area contributed by atoms with Gasteiger partial charge in [0.15, 0.2) is 0 Å². The summed E-state index contributed by atoms with van der Waals surface area (Å²) in [5.41, 5.74) is 1.55. The van der Waals surface area contributed by atoms with E-state index in [-0.39, 0.29) is 23.6 Å². The summed E-state index contributed by atoms with van der Waals surface area (Å²) in [4.78, 5) is 12.1. The van der Waals surface area contributed by atoms with Crippen LogP contribution >= 0.6 is 11.6 Å².